The maximum absolute atomic E-state index is 13.2. The van der Waals surface area contributed by atoms with Crippen LogP contribution in [-0.4, -0.2) is 25.2 Å². The molecule has 0 saturated heterocycles. The van der Waals surface area contributed by atoms with Crippen LogP contribution < -0.4 is 5.32 Å². The smallest absolute Gasteiger partial charge is 0.243 e. The summed E-state index contributed by atoms with van der Waals surface area (Å²) in [5.41, 5.74) is 1.69. The van der Waals surface area contributed by atoms with Crippen molar-refractivity contribution in [1.82, 2.24) is 4.31 Å². The summed E-state index contributed by atoms with van der Waals surface area (Å²) in [5, 5.41) is 12.0. The number of nitriles is 1. The van der Waals surface area contributed by atoms with Crippen LogP contribution in [0.25, 0.3) is 0 Å². The summed E-state index contributed by atoms with van der Waals surface area (Å²) >= 11 is 5.87. The molecule has 30 heavy (non-hydrogen) atoms. The number of anilines is 1. The Morgan fingerprint density at radius 2 is 1.60 bits per heavy atom. The Morgan fingerprint density at radius 1 is 0.967 bits per heavy atom. The Morgan fingerprint density at radius 3 is 2.20 bits per heavy atom. The van der Waals surface area contributed by atoms with Gasteiger partial charge >= 0.3 is 0 Å². The van der Waals surface area contributed by atoms with E-state index in [4.69, 9.17) is 16.9 Å². The average Bonchev–Trinajstić information content (AvgIpc) is 2.75. The van der Waals surface area contributed by atoms with E-state index in [9.17, 15) is 13.2 Å². The van der Waals surface area contributed by atoms with E-state index in [-0.39, 0.29) is 18.0 Å². The van der Waals surface area contributed by atoms with E-state index in [0.717, 1.165) is 9.87 Å². The van der Waals surface area contributed by atoms with Gasteiger partial charge in [0.2, 0.25) is 15.9 Å². The molecule has 152 valence electrons. The lowest BCUT2D eigenvalue weighted by Crippen LogP contribution is -2.37. The lowest BCUT2D eigenvalue weighted by atomic mass is 10.2. The zero-order valence-electron chi connectivity index (χ0n) is 15.8. The summed E-state index contributed by atoms with van der Waals surface area (Å²) in [6.45, 7) is -0.341. The standard InChI is InChI=1S/C22H18ClN3O3S/c23-19-8-12-21(13-9-19)30(28,29)26(15-18-4-2-1-3-5-18)16-22(27)25-20-10-6-17(14-24)7-11-20/h1-13H,15-16H2,(H,25,27). The first-order valence-electron chi connectivity index (χ1n) is 8.98. The van der Waals surface area contributed by atoms with Crippen molar-refractivity contribution in [2.24, 2.45) is 0 Å². The van der Waals surface area contributed by atoms with E-state index in [1.807, 2.05) is 12.1 Å². The van der Waals surface area contributed by atoms with Gasteiger partial charge in [0.25, 0.3) is 0 Å². The molecule has 0 radical (unpaired) electrons. The molecule has 6 nitrogen and oxygen atoms in total. The molecule has 0 fully saturated rings. The van der Waals surface area contributed by atoms with Crippen LogP contribution in [0.3, 0.4) is 0 Å². The fourth-order valence-corrected chi connectivity index (χ4v) is 4.27. The maximum atomic E-state index is 13.2. The monoisotopic (exact) mass is 439 g/mol. The number of nitrogens with one attached hydrogen (secondary N) is 1. The van der Waals surface area contributed by atoms with Crippen LogP contribution in [0.5, 0.6) is 0 Å². The first kappa shape index (κ1) is 21.5. The summed E-state index contributed by atoms with van der Waals surface area (Å²) in [5.74, 6) is -0.492. The van der Waals surface area contributed by atoms with Gasteiger partial charge < -0.3 is 5.32 Å². The second-order valence-corrected chi connectivity index (χ2v) is 8.82. The number of hydrogen-bond donors (Lipinski definition) is 1. The van der Waals surface area contributed by atoms with Crippen LogP contribution in [0.4, 0.5) is 5.69 Å². The van der Waals surface area contributed by atoms with Crippen molar-refractivity contribution in [3.8, 4) is 6.07 Å². The quantitative estimate of drug-likeness (QED) is 0.601. The molecule has 0 aliphatic rings. The molecule has 1 N–H and O–H groups in total. The summed E-state index contributed by atoms with van der Waals surface area (Å²) in [7, 11) is -3.94. The van der Waals surface area contributed by atoms with E-state index in [1.165, 1.54) is 24.3 Å². The molecule has 0 aliphatic heterocycles. The van der Waals surface area contributed by atoms with Crippen LogP contribution in [-0.2, 0) is 21.4 Å². The van der Waals surface area contributed by atoms with E-state index < -0.39 is 15.9 Å². The first-order valence-corrected chi connectivity index (χ1v) is 10.8. The largest absolute Gasteiger partial charge is 0.325 e. The highest BCUT2D eigenvalue weighted by Crippen LogP contribution is 2.21. The third kappa shape index (κ3) is 5.45. The van der Waals surface area contributed by atoms with E-state index in [0.29, 0.717) is 16.3 Å². The van der Waals surface area contributed by atoms with Crippen molar-refractivity contribution in [3.63, 3.8) is 0 Å². The molecular weight excluding hydrogens is 422 g/mol. The number of amides is 1. The maximum Gasteiger partial charge on any atom is 0.243 e. The van der Waals surface area contributed by atoms with Gasteiger partial charge in [0, 0.05) is 17.3 Å². The number of nitrogens with zero attached hydrogens (tertiary/aromatic N) is 2. The Bertz CT molecular complexity index is 1160. The molecule has 3 aromatic carbocycles. The summed E-state index contributed by atoms with van der Waals surface area (Å²) in [4.78, 5) is 12.6. The molecule has 0 spiro atoms. The third-order valence-corrected chi connectivity index (χ3v) is 6.33. The summed E-state index contributed by atoms with van der Waals surface area (Å²) in [6, 6.07) is 23.2. The van der Waals surface area contributed by atoms with Gasteiger partial charge in [0.15, 0.2) is 0 Å². The predicted octanol–water partition coefficient (Wildman–Crippen LogP) is 4.04. The second kappa shape index (κ2) is 9.55. The zero-order valence-corrected chi connectivity index (χ0v) is 17.4. The number of benzene rings is 3. The van der Waals surface area contributed by atoms with Crippen LogP contribution in [0, 0.1) is 11.3 Å². The van der Waals surface area contributed by atoms with E-state index in [2.05, 4.69) is 5.32 Å². The highest BCUT2D eigenvalue weighted by molar-refractivity contribution is 7.89. The van der Waals surface area contributed by atoms with Crippen molar-refractivity contribution in [2.75, 3.05) is 11.9 Å². The van der Waals surface area contributed by atoms with Crippen LogP contribution >= 0.6 is 11.6 Å². The van der Waals surface area contributed by atoms with Gasteiger partial charge in [0.1, 0.15) is 0 Å². The molecule has 0 heterocycles. The molecule has 3 aromatic rings. The number of halogens is 1. The van der Waals surface area contributed by atoms with Gasteiger partial charge in [0.05, 0.1) is 23.1 Å². The minimum Gasteiger partial charge on any atom is -0.325 e. The highest BCUT2D eigenvalue weighted by Gasteiger charge is 2.27. The topological polar surface area (TPSA) is 90.3 Å². The highest BCUT2D eigenvalue weighted by atomic mass is 35.5. The van der Waals surface area contributed by atoms with Gasteiger partial charge in [-0.05, 0) is 54.1 Å². The number of rotatable bonds is 7. The summed E-state index contributed by atoms with van der Waals surface area (Å²) in [6.07, 6.45) is 0. The Hall–Kier alpha value is -3.18. The van der Waals surface area contributed by atoms with E-state index >= 15 is 0 Å². The lowest BCUT2D eigenvalue weighted by Gasteiger charge is -2.22. The van der Waals surface area contributed by atoms with Crippen molar-refractivity contribution < 1.29 is 13.2 Å². The number of sulfonamides is 1. The predicted molar refractivity (Wildman–Crippen MR) is 115 cm³/mol. The van der Waals surface area contributed by atoms with Crippen LogP contribution in [0.1, 0.15) is 11.1 Å². The van der Waals surface area contributed by atoms with Crippen LogP contribution in [0.2, 0.25) is 5.02 Å². The Kier molecular flexibility index (Phi) is 6.85. The van der Waals surface area contributed by atoms with Gasteiger partial charge in [-0.2, -0.15) is 9.57 Å². The van der Waals surface area contributed by atoms with Crippen molar-refractivity contribution in [2.45, 2.75) is 11.4 Å². The summed E-state index contributed by atoms with van der Waals surface area (Å²) < 4.78 is 27.5. The number of carbonyl (C=O) groups is 1. The molecule has 0 unspecified atom stereocenters. The lowest BCUT2D eigenvalue weighted by molar-refractivity contribution is -0.116. The zero-order chi connectivity index (χ0) is 21.6. The number of hydrogen-bond acceptors (Lipinski definition) is 4. The molecular formula is C22H18ClN3O3S. The van der Waals surface area contributed by atoms with Crippen molar-refractivity contribution in [1.29, 1.82) is 5.26 Å². The molecule has 3 rings (SSSR count). The molecule has 0 aromatic heterocycles. The molecule has 0 saturated carbocycles. The first-order chi connectivity index (χ1) is 14.4. The van der Waals surface area contributed by atoms with E-state index in [1.54, 1.807) is 48.5 Å². The Balaban J connectivity index is 1.84. The van der Waals surface area contributed by atoms with Gasteiger partial charge in [-0.15, -0.1) is 0 Å². The average molecular weight is 440 g/mol. The normalized spacial score (nSPS) is 11.1. The Labute approximate surface area is 180 Å². The second-order valence-electron chi connectivity index (χ2n) is 6.45. The molecule has 1 amide bonds. The fraction of sp³-hybridized carbons (Fsp3) is 0.0909. The molecule has 0 atom stereocenters. The van der Waals surface area contributed by atoms with Crippen molar-refractivity contribution >= 4 is 33.2 Å². The molecule has 8 heteroatoms. The van der Waals surface area contributed by atoms with Gasteiger partial charge in [-0.3, -0.25) is 4.79 Å². The fourth-order valence-electron chi connectivity index (χ4n) is 2.76. The molecule has 0 aliphatic carbocycles. The SMILES string of the molecule is N#Cc1ccc(NC(=O)CN(Cc2ccccc2)S(=O)(=O)c2ccc(Cl)cc2)cc1. The minimum atomic E-state index is -3.94. The van der Waals surface area contributed by atoms with Crippen molar-refractivity contribution in [3.05, 3.63) is 95.0 Å². The van der Waals surface area contributed by atoms with Gasteiger partial charge in [-0.1, -0.05) is 41.9 Å². The number of carbonyl (C=O) groups excluding carboxylic acids is 1. The molecule has 0 bridgehead atoms. The minimum absolute atomic E-state index is 0.0343. The van der Waals surface area contributed by atoms with Crippen LogP contribution in [0.15, 0.2) is 83.8 Å². The third-order valence-electron chi connectivity index (χ3n) is 4.27. The van der Waals surface area contributed by atoms with Gasteiger partial charge in [-0.25, -0.2) is 8.42 Å².